The molecule has 5 N–H and O–H groups in total. The van der Waals surface area contributed by atoms with E-state index in [0.717, 1.165) is 24.4 Å². The number of imidazole rings is 1. The highest BCUT2D eigenvalue weighted by atomic mass is 16.6. The first-order valence-corrected chi connectivity index (χ1v) is 10.9. The van der Waals surface area contributed by atoms with Gasteiger partial charge in [-0.2, -0.15) is 0 Å². The lowest BCUT2D eigenvalue weighted by atomic mass is 10.1. The number of hydrogen-bond donors (Lipinski definition) is 4. The van der Waals surface area contributed by atoms with Crippen LogP contribution in [0.3, 0.4) is 0 Å². The number of benzene rings is 1. The van der Waals surface area contributed by atoms with Crippen molar-refractivity contribution >= 4 is 17.0 Å². The third-order valence-corrected chi connectivity index (χ3v) is 6.03. The number of anilines is 1. The fourth-order valence-corrected chi connectivity index (χ4v) is 4.07. The molecule has 1 fully saturated rings. The van der Waals surface area contributed by atoms with Crippen molar-refractivity contribution in [3.05, 3.63) is 42.5 Å². The Labute approximate surface area is 192 Å². The molecule has 0 unspecified atom stereocenters. The van der Waals surface area contributed by atoms with E-state index in [0.29, 0.717) is 17.7 Å². The maximum atomic E-state index is 10.6. The minimum atomic E-state index is -1.12. The van der Waals surface area contributed by atoms with E-state index in [-0.39, 0.29) is 11.9 Å². The Morgan fingerprint density at radius 3 is 2.88 bits per heavy atom. The molecular formula is C22H31N7O4. The standard InChI is InChI=1S/C22H31N7O4/c1-13(14-5-4-6-15(9-14)32-3)24-7-8-28(2)10-16-18(30)19(31)22(33-16)29-12-27-17-20(23)25-11-26-21(17)29/h4-6,9,11-13,16,18-19,22,24,30-31H,7-8,10H2,1-3H3,(H2,23,25,26)/t13-,16+,18+,19+,22+/m0/s1. The van der Waals surface area contributed by atoms with E-state index >= 15 is 0 Å². The Balaban J connectivity index is 1.31. The lowest BCUT2D eigenvalue weighted by Gasteiger charge is -2.24. The molecule has 33 heavy (non-hydrogen) atoms. The summed E-state index contributed by atoms with van der Waals surface area (Å²) in [5.74, 6) is 1.08. The molecule has 1 aliphatic heterocycles. The lowest BCUT2D eigenvalue weighted by molar-refractivity contribution is -0.0420. The number of nitrogens with two attached hydrogens (primary N) is 1. The molecule has 1 aromatic carbocycles. The summed E-state index contributed by atoms with van der Waals surface area (Å²) in [4.78, 5) is 14.4. The maximum Gasteiger partial charge on any atom is 0.167 e. The lowest BCUT2D eigenvalue weighted by Crippen LogP contribution is -2.40. The van der Waals surface area contributed by atoms with Crippen molar-refractivity contribution in [2.45, 2.75) is 37.5 Å². The van der Waals surface area contributed by atoms with E-state index in [2.05, 4.69) is 38.2 Å². The molecule has 0 saturated carbocycles. The Morgan fingerprint density at radius 1 is 1.27 bits per heavy atom. The summed E-state index contributed by atoms with van der Waals surface area (Å²) in [6.45, 7) is 4.03. The van der Waals surface area contributed by atoms with Crippen LogP contribution in [0.5, 0.6) is 5.75 Å². The van der Waals surface area contributed by atoms with Crippen LogP contribution in [0.4, 0.5) is 5.82 Å². The van der Waals surface area contributed by atoms with Gasteiger partial charge in [-0.15, -0.1) is 0 Å². The van der Waals surface area contributed by atoms with E-state index in [1.54, 1.807) is 11.7 Å². The molecule has 0 amide bonds. The highest BCUT2D eigenvalue weighted by Crippen LogP contribution is 2.32. The van der Waals surface area contributed by atoms with Crippen LogP contribution in [0.1, 0.15) is 24.8 Å². The zero-order chi connectivity index (χ0) is 23.5. The Morgan fingerprint density at radius 2 is 2.09 bits per heavy atom. The van der Waals surface area contributed by atoms with Crippen LogP contribution in [-0.2, 0) is 4.74 Å². The number of aliphatic hydroxyl groups excluding tert-OH is 2. The van der Waals surface area contributed by atoms with Crippen molar-refractivity contribution in [3.8, 4) is 5.75 Å². The van der Waals surface area contributed by atoms with Gasteiger partial charge in [0.1, 0.15) is 35.9 Å². The maximum absolute atomic E-state index is 10.6. The van der Waals surface area contributed by atoms with Gasteiger partial charge >= 0.3 is 0 Å². The molecule has 1 aliphatic rings. The predicted octanol–water partition coefficient (Wildman–Crippen LogP) is 0.319. The molecule has 3 heterocycles. The third kappa shape index (κ3) is 4.92. The molecule has 0 bridgehead atoms. The van der Waals surface area contributed by atoms with Crippen molar-refractivity contribution in [1.82, 2.24) is 29.7 Å². The highest BCUT2D eigenvalue weighted by molar-refractivity contribution is 5.81. The van der Waals surface area contributed by atoms with Gasteiger partial charge in [0, 0.05) is 25.7 Å². The fourth-order valence-electron chi connectivity index (χ4n) is 4.07. The van der Waals surface area contributed by atoms with Gasteiger partial charge in [0.2, 0.25) is 0 Å². The average molecular weight is 458 g/mol. The number of likely N-dealkylation sites (N-methyl/N-ethyl adjacent to an activating group) is 1. The molecule has 0 spiro atoms. The summed E-state index contributed by atoms with van der Waals surface area (Å²) in [5.41, 5.74) is 7.87. The van der Waals surface area contributed by atoms with Gasteiger partial charge in [-0.05, 0) is 31.7 Å². The molecule has 0 aliphatic carbocycles. The Bertz CT molecular complexity index is 1080. The summed E-state index contributed by atoms with van der Waals surface area (Å²) in [5, 5.41) is 24.7. The number of ether oxygens (including phenoxy) is 2. The molecule has 178 valence electrons. The first-order chi connectivity index (χ1) is 15.9. The third-order valence-electron chi connectivity index (χ3n) is 6.03. The van der Waals surface area contributed by atoms with Crippen molar-refractivity contribution in [2.75, 3.05) is 39.5 Å². The van der Waals surface area contributed by atoms with Crippen molar-refractivity contribution in [1.29, 1.82) is 0 Å². The van der Waals surface area contributed by atoms with Crippen molar-refractivity contribution in [3.63, 3.8) is 0 Å². The average Bonchev–Trinajstić information content (AvgIpc) is 3.36. The molecular weight excluding hydrogens is 426 g/mol. The number of aliphatic hydroxyl groups is 2. The second-order valence-corrected chi connectivity index (χ2v) is 8.34. The molecule has 4 rings (SSSR count). The van der Waals surface area contributed by atoms with Gasteiger partial charge in [0.05, 0.1) is 13.4 Å². The van der Waals surface area contributed by atoms with E-state index < -0.39 is 24.5 Å². The van der Waals surface area contributed by atoms with E-state index in [1.165, 1.54) is 12.7 Å². The van der Waals surface area contributed by atoms with Gasteiger partial charge in [0.25, 0.3) is 0 Å². The number of aromatic nitrogens is 4. The normalized spacial score (nSPS) is 23.9. The van der Waals surface area contributed by atoms with E-state index in [4.69, 9.17) is 15.2 Å². The Kier molecular flexibility index (Phi) is 7.05. The number of nitrogens with zero attached hydrogens (tertiary/aromatic N) is 5. The van der Waals surface area contributed by atoms with Gasteiger partial charge in [-0.3, -0.25) is 4.57 Å². The number of fused-ring (bicyclic) bond motifs is 1. The van der Waals surface area contributed by atoms with Gasteiger partial charge < -0.3 is 35.6 Å². The van der Waals surface area contributed by atoms with Crippen LogP contribution in [0.2, 0.25) is 0 Å². The molecule has 11 heteroatoms. The topological polar surface area (TPSA) is 144 Å². The summed E-state index contributed by atoms with van der Waals surface area (Å²) >= 11 is 0. The second kappa shape index (κ2) is 9.98. The van der Waals surface area contributed by atoms with Crippen LogP contribution in [0.25, 0.3) is 11.2 Å². The molecule has 3 aromatic rings. The Hall–Kier alpha value is -2.83. The fraction of sp³-hybridized carbons (Fsp3) is 0.500. The summed E-state index contributed by atoms with van der Waals surface area (Å²) < 4.78 is 12.9. The van der Waals surface area contributed by atoms with Crippen LogP contribution in [-0.4, -0.2) is 86.7 Å². The smallest absolute Gasteiger partial charge is 0.167 e. The van der Waals surface area contributed by atoms with E-state index in [1.807, 2.05) is 25.2 Å². The van der Waals surface area contributed by atoms with Crippen molar-refractivity contribution in [2.24, 2.45) is 0 Å². The first kappa shape index (κ1) is 23.3. The monoisotopic (exact) mass is 457 g/mol. The van der Waals surface area contributed by atoms with Crippen LogP contribution in [0, 0.1) is 0 Å². The van der Waals surface area contributed by atoms with Gasteiger partial charge in [0.15, 0.2) is 17.7 Å². The van der Waals surface area contributed by atoms with Crippen LogP contribution < -0.4 is 15.8 Å². The summed E-state index contributed by atoms with van der Waals surface area (Å²) in [6, 6.07) is 8.14. The minimum absolute atomic E-state index is 0.164. The first-order valence-electron chi connectivity index (χ1n) is 10.9. The number of nitrogens with one attached hydrogen (secondary N) is 1. The minimum Gasteiger partial charge on any atom is -0.497 e. The quantitative estimate of drug-likeness (QED) is 0.354. The SMILES string of the molecule is COc1cccc([C@H](C)NCCN(C)C[C@H]2O[C@@H](n3cnc4c(N)ncnc43)[C@H](O)[C@@H]2O)c1. The number of hydrogen-bond acceptors (Lipinski definition) is 10. The number of methoxy groups -OCH3 is 1. The van der Waals surface area contributed by atoms with Gasteiger partial charge in [-0.25, -0.2) is 15.0 Å². The molecule has 5 atom stereocenters. The van der Waals surface area contributed by atoms with Gasteiger partial charge in [-0.1, -0.05) is 12.1 Å². The molecule has 0 radical (unpaired) electrons. The number of rotatable bonds is 9. The predicted molar refractivity (Wildman–Crippen MR) is 123 cm³/mol. The van der Waals surface area contributed by atoms with Crippen molar-refractivity contribution < 1.29 is 19.7 Å². The second-order valence-electron chi connectivity index (χ2n) is 8.34. The zero-order valence-corrected chi connectivity index (χ0v) is 19.0. The van der Waals surface area contributed by atoms with Crippen LogP contribution >= 0.6 is 0 Å². The largest absolute Gasteiger partial charge is 0.497 e. The zero-order valence-electron chi connectivity index (χ0n) is 19.0. The highest BCUT2D eigenvalue weighted by Gasteiger charge is 2.44. The number of nitrogen functional groups attached to an aromatic ring is 1. The molecule has 11 nitrogen and oxygen atoms in total. The van der Waals surface area contributed by atoms with E-state index in [9.17, 15) is 10.2 Å². The molecule has 1 saturated heterocycles. The summed E-state index contributed by atoms with van der Waals surface area (Å²) in [6.07, 6.45) is -0.725. The summed E-state index contributed by atoms with van der Waals surface area (Å²) in [7, 11) is 3.61. The molecule has 2 aromatic heterocycles. The van der Waals surface area contributed by atoms with Crippen LogP contribution in [0.15, 0.2) is 36.9 Å².